The molecule has 0 saturated heterocycles. The number of rotatable bonds is 6. The van der Waals surface area contributed by atoms with Crippen molar-refractivity contribution in [1.29, 1.82) is 0 Å². The van der Waals surface area contributed by atoms with Gasteiger partial charge in [0.15, 0.2) is 0 Å². The van der Waals surface area contributed by atoms with Gasteiger partial charge in [-0.1, -0.05) is 55.2 Å². The predicted octanol–water partition coefficient (Wildman–Crippen LogP) is 3.14. The highest BCUT2D eigenvalue weighted by Crippen LogP contribution is 2.31. The van der Waals surface area contributed by atoms with E-state index in [0.717, 1.165) is 0 Å². The summed E-state index contributed by atoms with van der Waals surface area (Å²) in [5.74, 6) is 0.318. The van der Waals surface area contributed by atoms with E-state index in [9.17, 15) is 4.79 Å². The van der Waals surface area contributed by atoms with Gasteiger partial charge in [-0.15, -0.1) is 0 Å². The van der Waals surface area contributed by atoms with E-state index in [1.807, 2.05) is 24.3 Å². The Morgan fingerprint density at radius 1 is 1.11 bits per heavy atom. The summed E-state index contributed by atoms with van der Waals surface area (Å²) < 4.78 is 0. The van der Waals surface area contributed by atoms with Gasteiger partial charge in [-0.3, -0.25) is 4.89 Å². The van der Waals surface area contributed by atoms with Crippen LogP contribution in [0.2, 0.25) is 0 Å². The molecule has 0 atom stereocenters. The van der Waals surface area contributed by atoms with Gasteiger partial charge in [-0.25, -0.2) is 4.79 Å². The van der Waals surface area contributed by atoms with Gasteiger partial charge in [0, 0.05) is 23.3 Å². The van der Waals surface area contributed by atoms with Gasteiger partial charge in [0.25, 0.3) is 0 Å². The number of allylic oxidation sites excluding steroid dienone is 8. The summed E-state index contributed by atoms with van der Waals surface area (Å²) >= 11 is 0. The molecule has 0 spiro atoms. The van der Waals surface area contributed by atoms with Crippen LogP contribution in [0.5, 0.6) is 0 Å². The van der Waals surface area contributed by atoms with E-state index in [4.69, 9.17) is 9.78 Å². The molecule has 0 bridgehead atoms. The van der Waals surface area contributed by atoms with Crippen LogP contribution in [0.4, 0.5) is 0 Å². The summed E-state index contributed by atoms with van der Waals surface area (Å²) in [7, 11) is 0. The summed E-state index contributed by atoms with van der Waals surface area (Å²) in [4.78, 5) is 21.1. The minimum Gasteiger partial charge on any atom is -0.293 e. The van der Waals surface area contributed by atoms with Crippen LogP contribution in [0.25, 0.3) is 0 Å². The van der Waals surface area contributed by atoms with E-state index in [-0.39, 0.29) is 5.92 Å². The molecule has 0 heterocycles. The lowest BCUT2D eigenvalue weighted by molar-refractivity contribution is -0.276. The van der Waals surface area contributed by atoms with E-state index < -0.39 is 5.97 Å². The van der Waals surface area contributed by atoms with E-state index in [0.29, 0.717) is 24.0 Å². The van der Waals surface area contributed by atoms with Crippen LogP contribution in [0.3, 0.4) is 0 Å². The maximum absolute atomic E-state index is 11.3. The highest BCUT2D eigenvalue weighted by molar-refractivity contribution is 5.86. The van der Waals surface area contributed by atoms with Crippen LogP contribution in [-0.4, -0.2) is 12.6 Å². The van der Waals surface area contributed by atoms with Gasteiger partial charge < -0.3 is 0 Å². The van der Waals surface area contributed by atoms with Crippen LogP contribution >= 0.6 is 0 Å². The topological polar surface area (TPSA) is 35.5 Å². The van der Waals surface area contributed by atoms with Crippen molar-refractivity contribution < 1.29 is 14.6 Å². The molecule has 0 saturated carbocycles. The molecule has 3 heteroatoms. The Bertz CT molecular complexity index is 416. The van der Waals surface area contributed by atoms with Crippen molar-refractivity contribution >= 4 is 5.97 Å². The first kappa shape index (κ1) is 13.6. The molecule has 0 amide bonds. The van der Waals surface area contributed by atoms with Gasteiger partial charge in [0.05, 0.1) is 6.61 Å². The van der Waals surface area contributed by atoms with Crippen LogP contribution in [-0.2, 0) is 14.6 Å². The summed E-state index contributed by atoms with van der Waals surface area (Å²) in [6.45, 7) is 5.46. The fourth-order valence-corrected chi connectivity index (χ4v) is 2.19. The Labute approximate surface area is 113 Å². The number of carbonyl (C=O) groups excluding carboxylic acids is 1. The molecule has 0 aromatic heterocycles. The molecule has 0 radical (unpaired) electrons. The third kappa shape index (κ3) is 3.55. The lowest BCUT2D eigenvalue weighted by Crippen LogP contribution is -2.24. The lowest BCUT2D eigenvalue weighted by atomic mass is 9.83. The molecule has 19 heavy (non-hydrogen) atoms. The second-order valence-electron chi connectivity index (χ2n) is 4.79. The SMILES string of the molecule is C=C(C)C(=O)OOCC(C1C=CC=C1)C1C=CC=C1. The van der Waals surface area contributed by atoms with Gasteiger partial charge >= 0.3 is 5.97 Å². The molecular weight excluding hydrogens is 240 g/mol. The minimum atomic E-state index is -0.520. The average Bonchev–Trinajstić information content (AvgIpc) is 3.07. The molecule has 2 aliphatic rings. The molecule has 0 aromatic carbocycles. The largest absolute Gasteiger partial charge is 0.368 e. The van der Waals surface area contributed by atoms with Crippen molar-refractivity contribution in [1.82, 2.24) is 0 Å². The van der Waals surface area contributed by atoms with Crippen LogP contribution in [0, 0.1) is 17.8 Å². The molecule has 0 aliphatic heterocycles. The fraction of sp³-hybridized carbons (Fsp3) is 0.312. The van der Waals surface area contributed by atoms with Crippen molar-refractivity contribution in [3.63, 3.8) is 0 Å². The third-order valence-corrected chi connectivity index (χ3v) is 3.29. The molecule has 2 rings (SSSR count). The molecule has 0 unspecified atom stereocenters. The van der Waals surface area contributed by atoms with Crippen LogP contribution in [0.1, 0.15) is 6.92 Å². The smallest absolute Gasteiger partial charge is 0.293 e. The number of hydrogen-bond acceptors (Lipinski definition) is 3. The van der Waals surface area contributed by atoms with Gasteiger partial charge in [0.1, 0.15) is 0 Å². The van der Waals surface area contributed by atoms with Gasteiger partial charge in [0.2, 0.25) is 0 Å². The van der Waals surface area contributed by atoms with Crippen molar-refractivity contribution in [2.75, 3.05) is 6.61 Å². The molecule has 0 fully saturated rings. The molecule has 100 valence electrons. The number of hydrogen-bond donors (Lipinski definition) is 0. The quantitative estimate of drug-likeness (QED) is 0.417. The summed E-state index contributed by atoms with van der Waals surface area (Å²) in [6, 6.07) is 0. The Kier molecular flexibility index (Phi) is 4.53. The Morgan fingerprint density at radius 2 is 1.58 bits per heavy atom. The zero-order chi connectivity index (χ0) is 13.7. The molecular formula is C16H18O3. The van der Waals surface area contributed by atoms with E-state index >= 15 is 0 Å². The second-order valence-corrected chi connectivity index (χ2v) is 4.79. The van der Waals surface area contributed by atoms with E-state index in [1.54, 1.807) is 6.92 Å². The zero-order valence-electron chi connectivity index (χ0n) is 11.0. The summed E-state index contributed by atoms with van der Waals surface area (Å²) in [5.41, 5.74) is 0.331. The van der Waals surface area contributed by atoms with Crippen molar-refractivity contribution in [2.45, 2.75) is 6.92 Å². The first-order valence-corrected chi connectivity index (χ1v) is 6.38. The lowest BCUT2D eigenvalue weighted by Gasteiger charge is -2.24. The van der Waals surface area contributed by atoms with Crippen molar-refractivity contribution in [3.05, 3.63) is 60.8 Å². The zero-order valence-corrected chi connectivity index (χ0v) is 11.0. The first-order valence-electron chi connectivity index (χ1n) is 6.38. The summed E-state index contributed by atoms with van der Waals surface area (Å²) in [5, 5.41) is 0. The maximum Gasteiger partial charge on any atom is 0.368 e. The van der Waals surface area contributed by atoms with Crippen molar-refractivity contribution in [2.24, 2.45) is 17.8 Å². The minimum absolute atomic E-state index is 0.225. The molecule has 0 aromatic rings. The standard InChI is InChI=1S/C16H18O3/c1-12(2)16(17)19-18-11-15(13-7-3-4-8-13)14-9-5-6-10-14/h3-10,13-15H,1,11H2,2H3. The highest BCUT2D eigenvalue weighted by atomic mass is 17.2. The molecule has 0 N–H and O–H groups in total. The monoisotopic (exact) mass is 258 g/mol. The Hall–Kier alpha value is -1.87. The van der Waals surface area contributed by atoms with Crippen LogP contribution < -0.4 is 0 Å². The molecule has 3 nitrogen and oxygen atoms in total. The number of carbonyl (C=O) groups is 1. The van der Waals surface area contributed by atoms with Crippen LogP contribution in [0.15, 0.2) is 60.8 Å². The molecule has 2 aliphatic carbocycles. The second kappa shape index (κ2) is 6.34. The van der Waals surface area contributed by atoms with Crippen molar-refractivity contribution in [3.8, 4) is 0 Å². The Balaban J connectivity index is 1.91. The normalized spacial score (nSPS) is 17.8. The van der Waals surface area contributed by atoms with Gasteiger partial charge in [-0.05, 0) is 6.92 Å². The highest BCUT2D eigenvalue weighted by Gasteiger charge is 2.26. The maximum atomic E-state index is 11.3. The van der Waals surface area contributed by atoms with E-state index in [1.165, 1.54) is 0 Å². The fourth-order valence-electron chi connectivity index (χ4n) is 2.19. The Morgan fingerprint density at radius 3 is 2.00 bits per heavy atom. The predicted molar refractivity (Wildman–Crippen MR) is 73.9 cm³/mol. The average molecular weight is 258 g/mol. The summed E-state index contributed by atoms with van der Waals surface area (Å²) in [6.07, 6.45) is 16.6. The van der Waals surface area contributed by atoms with Gasteiger partial charge in [-0.2, -0.15) is 4.89 Å². The first-order chi connectivity index (χ1) is 9.18. The third-order valence-electron chi connectivity index (χ3n) is 3.29. The van der Waals surface area contributed by atoms with E-state index in [2.05, 4.69) is 30.9 Å².